The number of fused-ring (bicyclic) bond motifs is 1. The van der Waals surface area contributed by atoms with Crippen molar-refractivity contribution in [3.63, 3.8) is 0 Å². The quantitative estimate of drug-likeness (QED) is 0.775. The molecular weight excluding hydrogens is 314 g/mol. The fraction of sp³-hybridized carbons (Fsp3) is 0.632. The minimum atomic E-state index is -0.0334. The van der Waals surface area contributed by atoms with E-state index >= 15 is 0 Å². The van der Waals surface area contributed by atoms with Crippen molar-refractivity contribution in [1.29, 1.82) is 0 Å². The van der Waals surface area contributed by atoms with E-state index in [1.54, 1.807) is 12.3 Å². The first kappa shape index (κ1) is 16.7. The van der Waals surface area contributed by atoms with Gasteiger partial charge in [-0.1, -0.05) is 12.8 Å². The predicted octanol–water partition coefficient (Wildman–Crippen LogP) is 2.06. The molecule has 2 aromatic heterocycles. The molecule has 0 aromatic carbocycles. The minimum Gasteiger partial charge on any atom is -0.317 e. The molecule has 4 rings (SSSR count). The van der Waals surface area contributed by atoms with Crippen molar-refractivity contribution in [3.05, 3.63) is 34.1 Å². The second-order valence-electron chi connectivity index (χ2n) is 7.41. The molecule has 1 aliphatic heterocycles. The van der Waals surface area contributed by atoms with Crippen LogP contribution in [0.1, 0.15) is 56.0 Å². The summed E-state index contributed by atoms with van der Waals surface area (Å²) in [4.78, 5) is 24.8. The summed E-state index contributed by atoms with van der Waals surface area (Å²) in [6.07, 6.45) is 8.86. The molecule has 0 unspecified atom stereocenters. The average molecular weight is 341 g/mol. The smallest absolute Gasteiger partial charge is 0.258 e. The van der Waals surface area contributed by atoms with Crippen LogP contribution in [0.15, 0.2) is 17.1 Å². The van der Waals surface area contributed by atoms with Crippen LogP contribution in [-0.4, -0.2) is 34.6 Å². The first-order valence-corrected chi connectivity index (χ1v) is 9.60. The van der Waals surface area contributed by atoms with Gasteiger partial charge in [-0.15, -0.1) is 0 Å². The lowest BCUT2D eigenvalue weighted by atomic mass is 9.98. The molecule has 3 N–H and O–H groups in total. The molecule has 0 amide bonds. The maximum absolute atomic E-state index is 12.5. The molecule has 2 fully saturated rings. The van der Waals surface area contributed by atoms with Gasteiger partial charge in [0.05, 0.1) is 11.1 Å². The van der Waals surface area contributed by atoms with E-state index in [2.05, 4.69) is 20.6 Å². The molecule has 6 heteroatoms. The highest BCUT2D eigenvalue weighted by atomic mass is 16.1. The van der Waals surface area contributed by atoms with Crippen molar-refractivity contribution in [1.82, 2.24) is 25.6 Å². The lowest BCUT2D eigenvalue weighted by Gasteiger charge is -2.22. The van der Waals surface area contributed by atoms with E-state index in [1.807, 2.05) is 0 Å². The first-order chi connectivity index (χ1) is 12.3. The Kier molecular flexibility index (Phi) is 5.08. The van der Waals surface area contributed by atoms with Gasteiger partial charge in [0.1, 0.15) is 11.3 Å². The summed E-state index contributed by atoms with van der Waals surface area (Å²) >= 11 is 0. The van der Waals surface area contributed by atoms with E-state index in [4.69, 9.17) is 4.98 Å². The molecule has 3 heterocycles. The van der Waals surface area contributed by atoms with E-state index in [0.29, 0.717) is 17.8 Å². The van der Waals surface area contributed by atoms with Gasteiger partial charge in [0, 0.05) is 18.7 Å². The highest BCUT2D eigenvalue weighted by Crippen LogP contribution is 2.32. The Bertz CT molecular complexity index is 775. The van der Waals surface area contributed by atoms with Crippen molar-refractivity contribution in [2.75, 3.05) is 19.6 Å². The SMILES string of the molecule is O=c1[nH]c(C2CCCC2)nc2c(CNCC3CCNCC3)nccc12. The number of hydrogen-bond acceptors (Lipinski definition) is 5. The van der Waals surface area contributed by atoms with E-state index in [0.717, 1.165) is 55.4 Å². The van der Waals surface area contributed by atoms with Gasteiger partial charge in [0.2, 0.25) is 0 Å². The van der Waals surface area contributed by atoms with Crippen LogP contribution in [0.2, 0.25) is 0 Å². The average Bonchev–Trinajstić information content (AvgIpc) is 3.18. The molecule has 6 nitrogen and oxygen atoms in total. The van der Waals surface area contributed by atoms with E-state index in [-0.39, 0.29) is 5.56 Å². The fourth-order valence-corrected chi connectivity index (χ4v) is 4.14. The monoisotopic (exact) mass is 341 g/mol. The molecule has 1 saturated heterocycles. The number of nitrogens with zero attached hydrogens (tertiary/aromatic N) is 2. The summed E-state index contributed by atoms with van der Waals surface area (Å²) in [5.41, 5.74) is 1.62. The topological polar surface area (TPSA) is 82.7 Å². The third kappa shape index (κ3) is 3.75. The van der Waals surface area contributed by atoms with Crippen LogP contribution in [0.25, 0.3) is 10.9 Å². The van der Waals surface area contributed by atoms with Gasteiger partial charge in [0.25, 0.3) is 5.56 Å². The van der Waals surface area contributed by atoms with Crippen LogP contribution in [0.3, 0.4) is 0 Å². The summed E-state index contributed by atoms with van der Waals surface area (Å²) < 4.78 is 0. The first-order valence-electron chi connectivity index (χ1n) is 9.60. The van der Waals surface area contributed by atoms with Crippen LogP contribution in [0.5, 0.6) is 0 Å². The highest BCUT2D eigenvalue weighted by Gasteiger charge is 2.21. The van der Waals surface area contributed by atoms with Crippen LogP contribution in [0, 0.1) is 5.92 Å². The number of piperidine rings is 1. The summed E-state index contributed by atoms with van der Waals surface area (Å²) in [5, 5.41) is 7.58. The Hall–Kier alpha value is -1.79. The van der Waals surface area contributed by atoms with Gasteiger partial charge in [-0.25, -0.2) is 4.98 Å². The number of H-pyrrole nitrogens is 1. The van der Waals surface area contributed by atoms with Gasteiger partial charge in [-0.2, -0.15) is 0 Å². The molecule has 2 aromatic rings. The molecule has 0 bridgehead atoms. The van der Waals surface area contributed by atoms with Crippen LogP contribution in [0.4, 0.5) is 0 Å². The van der Waals surface area contributed by atoms with Crippen molar-refractivity contribution < 1.29 is 0 Å². The number of hydrogen-bond donors (Lipinski definition) is 3. The minimum absolute atomic E-state index is 0.0334. The largest absolute Gasteiger partial charge is 0.317 e. The van der Waals surface area contributed by atoms with Gasteiger partial charge in [-0.05, 0) is 57.3 Å². The van der Waals surface area contributed by atoms with Crippen molar-refractivity contribution in [2.45, 2.75) is 51.0 Å². The summed E-state index contributed by atoms with van der Waals surface area (Å²) in [7, 11) is 0. The number of nitrogens with one attached hydrogen (secondary N) is 3. The Morgan fingerprint density at radius 3 is 2.76 bits per heavy atom. The molecule has 134 valence electrons. The Morgan fingerprint density at radius 2 is 1.96 bits per heavy atom. The maximum Gasteiger partial charge on any atom is 0.258 e. The molecule has 0 radical (unpaired) electrons. The van der Waals surface area contributed by atoms with Crippen molar-refractivity contribution >= 4 is 10.9 Å². The van der Waals surface area contributed by atoms with E-state index in [1.165, 1.54) is 25.7 Å². The molecule has 1 saturated carbocycles. The van der Waals surface area contributed by atoms with E-state index in [9.17, 15) is 4.79 Å². The number of pyridine rings is 1. The number of aromatic nitrogens is 3. The van der Waals surface area contributed by atoms with Gasteiger partial charge >= 0.3 is 0 Å². The van der Waals surface area contributed by atoms with Gasteiger partial charge in [0.15, 0.2) is 0 Å². The zero-order valence-electron chi connectivity index (χ0n) is 14.7. The maximum atomic E-state index is 12.5. The molecular formula is C19H27N5O. The van der Waals surface area contributed by atoms with Crippen LogP contribution in [-0.2, 0) is 6.54 Å². The summed E-state index contributed by atoms with van der Waals surface area (Å²) in [6.45, 7) is 3.89. The fourth-order valence-electron chi connectivity index (χ4n) is 4.14. The van der Waals surface area contributed by atoms with Crippen molar-refractivity contribution in [2.24, 2.45) is 5.92 Å². The predicted molar refractivity (Wildman–Crippen MR) is 98.7 cm³/mol. The summed E-state index contributed by atoms with van der Waals surface area (Å²) in [6, 6.07) is 1.77. The number of aromatic amines is 1. The second kappa shape index (κ2) is 7.62. The standard InChI is InChI=1S/C19H27N5O/c25-19-15-7-10-22-16(12-21-11-13-5-8-20-9-6-13)17(15)23-18(24-19)14-3-1-2-4-14/h7,10,13-14,20-21H,1-6,8-9,11-12H2,(H,23,24,25). The molecule has 0 spiro atoms. The zero-order valence-corrected chi connectivity index (χ0v) is 14.7. The number of rotatable bonds is 5. The van der Waals surface area contributed by atoms with Gasteiger partial charge < -0.3 is 15.6 Å². The Morgan fingerprint density at radius 1 is 1.16 bits per heavy atom. The highest BCUT2D eigenvalue weighted by molar-refractivity contribution is 5.79. The Balaban J connectivity index is 1.54. The van der Waals surface area contributed by atoms with E-state index < -0.39 is 0 Å². The van der Waals surface area contributed by atoms with Crippen molar-refractivity contribution in [3.8, 4) is 0 Å². The third-order valence-corrected chi connectivity index (χ3v) is 5.64. The molecule has 25 heavy (non-hydrogen) atoms. The normalized spacial score (nSPS) is 19.7. The molecule has 2 aliphatic rings. The summed E-state index contributed by atoms with van der Waals surface area (Å²) in [5.74, 6) is 1.97. The third-order valence-electron chi connectivity index (χ3n) is 5.64. The van der Waals surface area contributed by atoms with Crippen LogP contribution >= 0.6 is 0 Å². The lowest BCUT2D eigenvalue weighted by molar-refractivity contribution is 0.356. The van der Waals surface area contributed by atoms with Gasteiger partial charge in [-0.3, -0.25) is 9.78 Å². The molecule has 1 aliphatic carbocycles. The Labute approximate surface area is 147 Å². The van der Waals surface area contributed by atoms with Crippen LogP contribution < -0.4 is 16.2 Å². The molecule has 0 atom stereocenters. The lowest BCUT2D eigenvalue weighted by Crippen LogP contribution is -2.33. The second-order valence-corrected chi connectivity index (χ2v) is 7.41. The zero-order chi connectivity index (χ0) is 17.1.